The fraction of sp³-hybridized carbons (Fsp3) is 0.562. The Morgan fingerprint density at radius 3 is 2.82 bits per heavy atom. The SMILES string of the molecule is CCNC(=NCCCOCC)NCCOc1cccc(Cl)c1. The monoisotopic (exact) mass is 327 g/mol. The number of rotatable bonds is 10. The Kier molecular flexibility index (Phi) is 10.2. The van der Waals surface area contributed by atoms with Crippen LogP contribution >= 0.6 is 11.6 Å². The summed E-state index contributed by atoms with van der Waals surface area (Å²) < 4.78 is 10.9. The van der Waals surface area contributed by atoms with E-state index in [0.29, 0.717) is 18.2 Å². The number of hydrogen-bond donors (Lipinski definition) is 2. The Morgan fingerprint density at radius 2 is 2.09 bits per heavy atom. The highest BCUT2D eigenvalue weighted by atomic mass is 35.5. The normalized spacial score (nSPS) is 11.3. The van der Waals surface area contributed by atoms with Crippen LogP contribution in [-0.4, -0.2) is 45.4 Å². The summed E-state index contributed by atoms with van der Waals surface area (Å²) >= 11 is 5.91. The molecule has 0 saturated carbocycles. The fourth-order valence-electron chi connectivity index (χ4n) is 1.74. The quantitative estimate of drug-likeness (QED) is 0.394. The Bertz CT molecular complexity index is 441. The molecule has 0 spiro atoms. The molecule has 0 aliphatic rings. The first-order valence-corrected chi connectivity index (χ1v) is 8.12. The summed E-state index contributed by atoms with van der Waals surface area (Å²) in [6.07, 6.45) is 0.920. The van der Waals surface area contributed by atoms with Crippen molar-refractivity contribution in [2.45, 2.75) is 20.3 Å². The number of aliphatic imine (C=N–C) groups is 1. The molecule has 0 bridgehead atoms. The lowest BCUT2D eigenvalue weighted by atomic mass is 10.3. The number of halogens is 1. The molecule has 6 heteroatoms. The molecule has 1 rings (SSSR count). The minimum absolute atomic E-state index is 0.545. The lowest BCUT2D eigenvalue weighted by Crippen LogP contribution is -2.39. The molecule has 0 aliphatic carbocycles. The maximum atomic E-state index is 5.91. The number of guanidine groups is 1. The third-order valence-electron chi connectivity index (χ3n) is 2.72. The Morgan fingerprint density at radius 1 is 1.23 bits per heavy atom. The molecule has 2 N–H and O–H groups in total. The summed E-state index contributed by atoms with van der Waals surface area (Å²) in [5, 5.41) is 7.11. The molecule has 1 aromatic carbocycles. The fourth-order valence-corrected chi connectivity index (χ4v) is 1.92. The predicted octanol–water partition coefficient (Wildman–Crippen LogP) is 2.70. The van der Waals surface area contributed by atoms with Crippen LogP contribution in [0.3, 0.4) is 0 Å². The standard InChI is InChI=1S/C16H26ClN3O2/c1-3-18-16(19-9-6-11-21-4-2)20-10-12-22-15-8-5-7-14(17)13-15/h5,7-8,13H,3-4,6,9-12H2,1-2H3,(H2,18,19,20). The van der Waals surface area contributed by atoms with E-state index in [9.17, 15) is 0 Å². The van der Waals surface area contributed by atoms with Gasteiger partial charge in [0.2, 0.25) is 0 Å². The molecule has 0 aromatic heterocycles. The molecule has 0 fully saturated rings. The molecule has 124 valence electrons. The van der Waals surface area contributed by atoms with Crippen LogP contribution in [0.1, 0.15) is 20.3 Å². The zero-order valence-corrected chi connectivity index (χ0v) is 14.2. The summed E-state index contributed by atoms with van der Waals surface area (Å²) in [4.78, 5) is 4.48. The second-order valence-electron chi connectivity index (χ2n) is 4.54. The number of ether oxygens (including phenoxy) is 2. The Labute approximate surface area is 138 Å². The first-order valence-electron chi connectivity index (χ1n) is 7.74. The summed E-state index contributed by atoms with van der Waals surface area (Å²) in [6.45, 7) is 8.32. The van der Waals surface area contributed by atoms with Crippen LogP contribution in [0.2, 0.25) is 5.02 Å². The van der Waals surface area contributed by atoms with E-state index >= 15 is 0 Å². The first-order chi connectivity index (χ1) is 10.8. The van der Waals surface area contributed by atoms with E-state index in [4.69, 9.17) is 21.1 Å². The summed E-state index contributed by atoms with van der Waals surface area (Å²) in [5.41, 5.74) is 0. The number of nitrogens with one attached hydrogen (secondary N) is 2. The molecule has 0 aliphatic heterocycles. The van der Waals surface area contributed by atoms with Crippen LogP contribution in [0.5, 0.6) is 5.75 Å². The van der Waals surface area contributed by atoms with Crippen LogP contribution in [0.4, 0.5) is 0 Å². The minimum atomic E-state index is 0.545. The van der Waals surface area contributed by atoms with E-state index in [-0.39, 0.29) is 0 Å². The highest BCUT2D eigenvalue weighted by Gasteiger charge is 1.98. The molecule has 5 nitrogen and oxygen atoms in total. The maximum absolute atomic E-state index is 5.91. The Balaban J connectivity index is 2.24. The molecule has 0 heterocycles. The van der Waals surface area contributed by atoms with Gasteiger partial charge in [-0.15, -0.1) is 0 Å². The zero-order valence-electron chi connectivity index (χ0n) is 13.4. The van der Waals surface area contributed by atoms with Gasteiger partial charge in [-0.1, -0.05) is 17.7 Å². The Hall–Kier alpha value is -1.46. The average Bonchev–Trinajstić information content (AvgIpc) is 2.51. The second kappa shape index (κ2) is 12.1. The van der Waals surface area contributed by atoms with Crippen LogP contribution < -0.4 is 15.4 Å². The van der Waals surface area contributed by atoms with Crippen LogP contribution in [0.15, 0.2) is 29.3 Å². The lowest BCUT2D eigenvalue weighted by molar-refractivity contribution is 0.146. The van der Waals surface area contributed by atoms with Crippen molar-refractivity contribution < 1.29 is 9.47 Å². The van der Waals surface area contributed by atoms with E-state index in [0.717, 1.165) is 44.4 Å². The van der Waals surface area contributed by atoms with Gasteiger partial charge in [0, 0.05) is 31.3 Å². The van der Waals surface area contributed by atoms with E-state index in [1.54, 1.807) is 6.07 Å². The van der Waals surface area contributed by atoms with Crippen molar-refractivity contribution in [1.29, 1.82) is 0 Å². The van der Waals surface area contributed by atoms with Gasteiger partial charge in [-0.25, -0.2) is 0 Å². The van der Waals surface area contributed by atoms with Gasteiger partial charge >= 0.3 is 0 Å². The van der Waals surface area contributed by atoms with Gasteiger partial charge in [0.25, 0.3) is 0 Å². The van der Waals surface area contributed by atoms with Crippen molar-refractivity contribution in [1.82, 2.24) is 10.6 Å². The number of benzene rings is 1. The number of nitrogens with zero attached hydrogens (tertiary/aromatic N) is 1. The summed E-state index contributed by atoms with van der Waals surface area (Å²) in [5.74, 6) is 1.57. The van der Waals surface area contributed by atoms with Gasteiger partial charge in [0.1, 0.15) is 12.4 Å². The van der Waals surface area contributed by atoms with Gasteiger partial charge in [-0.3, -0.25) is 4.99 Å². The van der Waals surface area contributed by atoms with Crippen molar-refractivity contribution in [2.75, 3.05) is 39.5 Å². The highest BCUT2D eigenvalue weighted by Crippen LogP contribution is 2.16. The van der Waals surface area contributed by atoms with Crippen molar-refractivity contribution in [3.63, 3.8) is 0 Å². The lowest BCUT2D eigenvalue weighted by Gasteiger charge is -2.12. The molecular weight excluding hydrogens is 302 g/mol. The molecule has 0 saturated heterocycles. The topological polar surface area (TPSA) is 54.9 Å². The minimum Gasteiger partial charge on any atom is -0.492 e. The molecular formula is C16H26ClN3O2. The van der Waals surface area contributed by atoms with Crippen molar-refractivity contribution >= 4 is 17.6 Å². The first kappa shape index (κ1) is 18.6. The molecule has 22 heavy (non-hydrogen) atoms. The molecule has 0 radical (unpaired) electrons. The van der Waals surface area contributed by atoms with E-state index < -0.39 is 0 Å². The number of hydrogen-bond acceptors (Lipinski definition) is 3. The zero-order chi connectivity index (χ0) is 16.0. The van der Waals surface area contributed by atoms with Gasteiger partial charge < -0.3 is 20.1 Å². The predicted molar refractivity (Wildman–Crippen MR) is 92.0 cm³/mol. The summed E-state index contributed by atoms with van der Waals surface area (Å²) in [7, 11) is 0. The van der Waals surface area contributed by atoms with E-state index in [2.05, 4.69) is 15.6 Å². The molecule has 1 aromatic rings. The van der Waals surface area contributed by atoms with Crippen LogP contribution in [0.25, 0.3) is 0 Å². The molecule has 0 atom stereocenters. The van der Waals surface area contributed by atoms with Crippen LogP contribution in [0, 0.1) is 0 Å². The van der Waals surface area contributed by atoms with Gasteiger partial charge in [-0.2, -0.15) is 0 Å². The smallest absolute Gasteiger partial charge is 0.191 e. The molecule has 0 amide bonds. The second-order valence-corrected chi connectivity index (χ2v) is 4.98. The van der Waals surface area contributed by atoms with E-state index in [1.165, 1.54) is 0 Å². The summed E-state index contributed by atoms with van der Waals surface area (Å²) in [6, 6.07) is 7.38. The van der Waals surface area contributed by atoms with Gasteiger partial charge in [0.15, 0.2) is 5.96 Å². The van der Waals surface area contributed by atoms with Crippen molar-refractivity contribution in [3.05, 3.63) is 29.3 Å². The average molecular weight is 328 g/mol. The largest absolute Gasteiger partial charge is 0.492 e. The van der Waals surface area contributed by atoms with Gasteiger partial charge in [0.05, 0.1) is 6.54 Å². The molecule has 0 unspecified atom stereocenters. The van der Waals surface area contributed by atoms with Gasteiger partial charge in [-0.05, 0) is 38.5 Å². The van der Waals surface area contributed by atoms with E-state index in [1.807, 2.05) is 32.0 Å². The maximum Gasteiger partial charge on any atom is 0.191 e. The highest BCUT2D eigenvalue weighted by molar-refractivity contribution is 6.30. The van der Waals surface area contributed by atoms with Crippen molar-refractivity contribution in [3.8, 4) is 5.75 Å². The van der Waals surface area contributed by atoms with Crippen LogP contribution in [-0.2, 0) is 4.74 Å². The van der Waals surface area contributed by atoms with Crippen molar-refractivity contribution in [2.24, 2.45) is 4.99 Å². The third kappa shape index (κ3) is 8.74. The third-order valence-corrected chi connectivity index (χ3v) is 2.96.